The SMILES string of the molecule is Cc1[c-]c2c(cc1C(C)(C)C)-c1cc(C(C)(C)C)c(C)cc1C2.Cc1cccc([Si](=[Zr+2])c2cccc(C)c2)c1.Cl.Cl.[C-]1=CC=CC1. The molecule has 2 aliphatic carbocycles. The molecule has 0 aromatic heterocycles. The minimum Gasteiger partial charge on any atom is -0.273 e. The van der Waals surface area contributed by atoms with Crippen LogP contribution in [0.5, 0.6) is 0 Å². The van der Waals surface area contributed by atoms with Gasteiger partial charge in [0.1, 0.15) is 0 Å². The van der Waals surface area contributed by atoms with E-state index < -0.39 is 5.43 Å². The summed E-state index contributed by atoms with van der Waals surface area (Å²) in [5.41, 5.74) is 13.9. The summed E-state index contributed by atoms with van der Waals surface area (Å²) in [5.74, 6) is 0. The first kappa shape index (κ1) is 40.2. The first-order valence-electron chi connectivity index (χ1n) is 15.8. The van der Waals surface area contributed by atoms with Crippen molar-refractivity contribution in [1.82, 2.24) is 0 Å². The molecule has 0 saturated carbocycles. The Kier molecular flexibility index (Phi) is 14.8. The number of rotatable bonds is 2. The Labute approximate surface area is 307 Å². The Bertz CT molecular complexity index is 1610. The zero-order valence-corrected chi connectivity index (χ0v) is 34.4. The average molecular weight is 745 g/mol. The Morgan fingerprint density at radius 3 is 1.67 bits per heavy atom. The number of hydrogen-bond acceptors (Lipinski definition) is 0. The van der Waals surface area contributed by atoms with E-state index in [1.54, 1.807) is 23.3 Å². The van der Waals surface area contributed by atoms with Crippen LogP contribution in [0.2, 0.25) is 0 Å². The summed E-state index contributed by atoms with van der Waals surface area (Å²) >= 11 is 1.65. The predicted molar refractivity (Wildman–Crippen MR) is 204 cm³/mol. The van der Waals surface area contributed by atoms with E-state index in [-0.39, 0.29) is 35.6 Å². The second-order valence-corrected chi connectivity index (χ2v) is 19.9. The van der Waals surface area contributed by atoms with Crippen molar-refractivity contribution in [1.29, 1.82) is 0 Å². The van der Waals surface area contributed by atoms with E-state index in [0.717, 1.165) is 12.8 Å². The van der Waals surface area contributed by atoms with E-state index in [1.807, 2.05) is 12.2 Å². The number of benzene rings is 4. The smallest absolute Gasteiger partial charge is 0.109 e. The summed E-state index contributed by atoms with van der Waals surface area (Å²) in [4.78, 5) is 0. The van der Waals surface area contributed by atoms with Gasteiger partial charge in [0, 0.05) is 0 Å². The van der Waals surface area contributed by atoms with Crippen LogP contribution in [0, 0.1) is 39.8 Å². The molecule has 0 spiro atoms. The fourth-order valence-corrected chi connectivity index (χ4v) is 10.0. The van der Waals surface area contributed by atoms with E-state index in [2.05, 4.69) is 154 Å². The van der Waals surface area contributed by atoms with Crippen LogP contribution in [0.3, 0.4) is 0 Å². The van der Waals surface area contributed by atoms with Gasteiger partial charge < -0.3 is 0 Å². The second-order valence-electron chi connectivity index (χ2n) is 14.3. The van der Waals surface area contributed by atoms with Crippen molar-refractivity contribution >= 4 is 40.6 Å². The van der Waals surface area contributed by atoms with Gasteiger partial charge in [0.25, 0.3) is 0 Å². The molecule has 240 valence electrons. The number of aryl methyl sites for hydroxylation is 4. The van der Waals surface area contributed by atoms with Crippen molar-refractivity contribution in [3.63, 3.8) is 0 Å². The molecule has 0 heterocycles. The van der Waals surface area contributed by atoms with Gasteiger partial charge in [-0.1, -0.05) is 71.6 Å². The average Bonchev–Trinajstić information content (AvgIpc) is 3.62. The maximum atomic E-state index is 3.69. The molecule has 0 nitrogen and oxygen atoms in total. The van der Waals surface area contributed by atoms with E-state index in [1.165, 1.54) is 66.0 Å². The minimum absolute atomic E-state index is 0. The quantitative estimate of drug-likeness (QED) is 0.125. The molecule has 4 aromatic rings. The van der Waals surface area contributed by atoms with Crippen LogP contribution in [0.15, 0.2) is 85.0 Å². The third kappa shape index (κ3) is 10.3. The first-order chi connectivity index (χ1) is 20.6. The molecule has 0 bridgehead atoms. The van der Waals surface area contributed by atoms with Gasteiger partial charge >= 0.3 is 113 Å². The summed E-state index contributed by atoms with van der Waals surface area (Å²) in [6.45, 7) is 22.6. The number of allylic oxidation sites excluding steroid dienone is 4. The topological polar surface area (TPSA) is 0 Å². The van der Waals surface area contributed by atoms with Crippen LogP contribution in [0.4, 0.5) is 0 Å². The predicted octanol–water partition coefficient (Wildman–Crippen LogP) is 10.4. The number of fused-ring (bicyclic) bond motifs is 3. The second kappa shape index (κ2) is 16.9. The molecule has 4 aromatic carbocycles. The summed E-state index contributed by atoms with van der Waals surface area (Å²) in [6, 6.07) is 28.9. The normalized spacial score (nSPS) is 12.4. The fourth-order valence-electron chi connectivity index (χ4n) is 6.13. The molecule has 46 heavy (non-hydrogen) atoms. The molecular weight excluding hydrogens is 695 g/mol. The molecule has 2 aliphatic rings. The molecule has 0 atom stereocenters. The van der Waals surface area contributed by atoms with E-state index in [9.17, 15) is 0 Å². The Morgan fingerprint density at radius 1 is 0.696 bits per heavy atom. The molecule has 0 aliphatic heterocycles. The van der Waals surface area contributed by atoms with Gasteiger partial charge in [-0.25, -0.2) is 12.2 Å². The molecule has 4 heteroatoms. The van der Waals surface area contributed by atoms with Crippen molar-refractivity contribution < 1.29 is 23.3 Å². The van der Waals surface area contributed by atoms with Crippen LogP contribution in [0.25, 0.3) is 11.1 Å². The summed E-state index contributed by atoms with van der Waals surface area (Å²) in [6.07, 6.45) is 11.0. The number of halogens is 2. The van der Waals surface area contributed by atoms with Gasteiger partial charge in [-0.3, -0.25) is 6.08 Å². The monoisotopic (exact) mass is 742 g/mol. The summed E-state index contributed by atoms with van der Waals surface area (Å²) in [7, 11) is 0. The Hall–Kier alpha value is -1.96. The first-order valence-corrected chi connectivity index (χ1v) is 21.0. The fraction of sp³-hybridized carbons (Fsp3) is 0.333. The van der Waals surface area contributed by atoms with Crippen molar-refractivity contribution in [3.05, 3.63) is 142 Å². The molecule has 0 fully saturated rings. The molecule has 0 unspecified atom stereocenters. The third-order valence-electron chi connectivity index (χ3n) is 8.28. The van der Waals surface area contributed by atoms with Crippen molar-refractivity contribution in [2.45, 2.75) is 92.9 Å². The minimum atomic E-state index is -0.499. The largest absolute Gasteiger partial charge is 0.273 e. The Balaban J connectivity index is 0.000000278. The number of hydrogen-bond donors (Lipinski definition) is 0. The Morgan fingerprint density at radius 2 is 1.24 bits per heavy atom. The molecular formula is C42H50Cl2SiZr. The molecule has 0 saturated heterocycles. The van der Waals surface area contributed by atoms with Crippen LogP contribution in [0.1, 0.15) is 92.5 Å². The van der Waals surface area contributed by atoms with Crippen molar-refractivity contribution in [2.75, 3.05) is 0 Å². The zero-order valence-electron chi connectivity index (χ0n) is 29.3. The zero-order chi connectivity index (χ0) is 32.2. The van der Waals surface area contributed by atoms with Gasteiger partial charge in [0.2, 0.25) is 0 Å². The van der Waals surface area contributed by atoms with Crippen molar-refractivity contribution in [3.8, 4) is 11.1 Å². The summed E-state index contributed by atoms with van der Waals surface area (Å²) in [5, 5.41) is 3.07. The third-order valence-corrected chi connectivity index (χ3v) is 14.3. The van der Waals surface area contributed by atoms with Gasteiger partial charge in [0.15, 0.2) is 0 Å². The standard InChI is InChI=1S/C23H29.C14H14Si.C5H5.2ClH.Zr/c1-14-9-16-11-17-10-15(2)21(23(6,7)8)13-19(17)18(16)12-20(14)22(3,4)5;1-11-5-3-7-13(9-11)15-14-8-4-6-12(2)10-14;1-2-4-5-3-1;;;/h9,12-13H,11H2,1-8H3;3-10H,1-2H3;1-3H,4H2;2*1H;/q-1;;-1;;;+2. The van der Waals surface area contributed by atoms with E-state index in [4.69, 9.17) is 0 Å². The molecule has 0 amide bonds. The molecule has 6 rings (SSSR count). The van der Waals surface area contributed by atoms with Crippen LogP contribution < -0.4 is 10.4 Å². The molecule has 0 N–H and O–H groups in total. The maximum absolute atomic E-state index is 3.69. The van der Waals surface area contributed by atoms with Gasteiger partial charge in [-0.2, -0.15) is 23.8 Å². The van der Waals surface area contributed by atoms with Gasteiger partial charge in [-0.05, 0) is 35.4 Å². The van der Waals surface area contributed by atoms with Crippen LogP contribution >= 0.6 is 24.8 Å². The maximum Gasteiger partial charge on any atom is -0.109 e. The summed E-state index contributed by atoms with van der Waals surface area (Å²) < 4.78 is 0. The molecule has 0 radical (unpaired) electrons. The van der Waals surface area contributed by atoms with E-state index in [0.29, 0.717) is 0 Å². The van der Waals surface area contributed by atoms with Gasteiger partial charge in [-0.15, -0.1) is 47.9 Å². The van der Waals surface area contributed by atoms with Gasteiger partial charge in [0.05, 0.1) is 0 Å². The van der Waals surface area contributed by atoms with Crippen LogP contribution in [-0.4, -0.2) is 5.43 Å². The van der Waals surface area contributed by atoms with E-state index >= 15 is 0 Å². The van der Waals surface area contributed by atoms with Crippen LogP contribution in [-0.2, 0) is 40.6 Å². The van der Waals surface area contributed by atoms with Crippen molar-refractivity contribution in [2.24, 2.45) is 0 Å².